The van der Waals surface area contributed by atoms with Gasteiger partial charge in [-0.15, -0.1) is 0 Å². The third-order valence-corrected chi connectivity index (χ3v) is 8.02. The van der Waals surface area contributed by atoms with E-state index in [4.69, 9.17) is 16.6 Å². The summed E-state index contributed by atoms with van der Waals surface area (Å²) in [6.45, 7) is 2.74. The van der Waals surface area contributed by atoms with Crippen LogP contribution in [-0.2, 0) is 34.3 Å². The van der Waals surface area contributed by atoms with Gasteiger partial charge in [-0.3, -0.25) is 14.9 Å². The van der Waals surface area contributed by atoms with Crippen molar-refractivity contribution in [1.82, 2.24) is 4.90 Å². The number of carbonyl (C=O) groups is 1. The Kier molecular flexibility index (Phi) is 11.1. The van der Waals surface area contributed by atoms with Gasteiger partial charge in [-0.1, -0.05) is 90.5 Å². The molecule has 0 N–H and O–H groups in total. The van der Waals surface area contributed by atoms with Crippen LogP contribution < -0.4 is 10.2 Å². The second kappa shape index (κ2) is 14.8. The smallest absolute Gasteiger partial charge is 0.861 e. The maximum atomic E-state index is 14.0. The number of hydrogen-bond donors (Lipinski definition) is 0. The van der Waals surface area contributed by atoms with Gasteiger partial charge in [0.25, 0.3) is 0 Å². The molecule has 1 aliphatic heterocycles. The number of nitrogens with zero attached hydrogens (tertiary/aromatic N) is 3. The van der Waals surface area contributed by atoms with Crippen molar-refractivity contribution in [2.75, 3.05) is 6.54 Å². The number of benzene rings is 4. The van der Waals surface area contributed by atoms with E-state index < -0.39 is 23.4 Å². The zero-order chi connectivity index (χ0) is 30.4. The van der Waals surface area contributed by atoms with E-state index in [2.05, 4.69) is 9.89 Å². The van der Waals surface area contributed by atoms with Gasteiger partial charge in [0, 0.05) is 35.2 Å². The predicted molar refractivity (Wildman–Crippen MR) is 164 cm³/mol. The Hall–Kier alpha value is -3.84. The Morgan fingerprint density at radius 2 is 1.68 bits per heavy atom. The molecule has 0 amide bonds. The third-order valence-electron chi connectivity index (χ3n) is 7.65. The van der Waals surface area contributed by atoms with Crippen LogP contribution in [0.1, 0.15) is 42.0 Å². The Labute approximate surface area is 271 Å². The largest absolute Gasteiger partial charge is 2.00 e. The molecule has 0 radical (unpaired) electrons. The molecular formula is C35H31ClFN3NiO3. The summed E-state index contributed by atoms with van der Waals surface area (Å²) < 4.78 is 14.0. The fraction of sp³-hybridized carbons (Fsp3) is 0.229. The molecule has 1 saturated heterocycles. The topological polar surface area (TPSA) is 91.2 Å². The van der Waals surface area contributed by atoms with Crippen molar-refractivity contribution in [2.24, 2.45) is 9.98 Å². The molecule has 1 aliphatic rings. The van der Waals surface area contributed by atoms with Gasteiger partial charge in [0.2, 0.25) is 0 Å². The third kappa shape index (κ3) is 7.81. The average molecular weight is 655 g/mol. The molecule has 4 aromatic rings. The van der Waals surface area contributed by atoms with E-state index >= 15 is 0 Å². The van der Waals surface area contributed by atoms with Crippen LogP contribution in [0.3, 0.4) is 0 Å². The van der Waals surface area contributed by atoms with Crippen LogP contribution in [0.4, 0.5) is 10.1 Å². The molecule has 9 heteroatoms. The predicted octanol–water partition coefficient (Wildman–Crippen LogP) is 5.12. The van der Waals surface area contributed by atoms with Crippen LogP contribution in [0.15, 0.2) is 113 Å². The van der Waals surface area contributed by atoms with E-state index in [-0.39, 0.29) is 28.8 Å². The number of halogens is 2. The monoisotopic (exact) mass is 653 g/mol. The van der Waals surface area contributed by atoms with E-state index in [1.165, 1.54) is 25.1 Å². The average Bonchev–Trinajstić information content (AvgIpc) is 3.46. The molecule has 0 aliphatic carbocycles. The first-order valence-electron chi connectivity index (χ1n) is 14.2. The van der Waals surface area contributed by atoms with Crippen molar-refractivity contribution >= 4 is 34.9 Å². The first-order chi connectivity index (χ1) is 20.7. The first-order valence-corrected chi connectivity index (χ1v) is 14.5. The normalized spacial score (nSPS) is 17.1. The number of carbonyl (C=O) groups excluding carboxylic acids is 1. The van der Waals surface area contributed by atoms with Gasteiger partial charge >= 0.3 is 16.5 Å². The number of hydrogen-bond acceptors (Lipinski definition) is 6. The molecule has 4 aromatic carbocycles. The molecule has 44 heavy (non-hydrogen) atoms. The fourth-order valence-electron chi connectivity index (χ4n) is 5.43. The minimum atomic E-state index is -1.74. The van der Waals surface area contributed by atoms with Gasteiger partial charge in [0.15, 0.2) is 0 Å². The number of para-hydroxylation sites is 1. The summed E-state index contributed by atoms with van der Waals surface area (Å²) in [6, 6.07) is 29.1. The SMILES string of the molecule is C[C@@](Cc1cccc(F)c1)(N=C(c1ccccc1)c1ccccc1N=C([O-])[C@@H]1CCCN1Cc1ccccc1Cl)C(=O)[O-].[Ni+2]. The van der Waals surface area contributed by atoms with E-state index in [1.54, 1.807) is 30.3 Å². The van der Waals surface area contributed by atoms with Crippen molar-refractivity contribution < 1.29 is 35.9 Å². The summed E-state index contributed by atoms with van der Waals surface area (Å²) in [5.74, 6) is -2.16. The summed E-state index contributed by atoms with van der Waals surface area (Å²) in [7, 11) is 0. The van der Waals surface area contributed by atoms with Crippen LogP contribution in [0, 0.1) is 5.82 Å². The van der Waals surface area contributed by atoms with Crippen molar-refractivity contribution in [2.45, 2.75) is 44.3 Å². The van der Waals surface area contributed by atoms with Crippen LogP contribution in [0.2, 0.25) is 5.02 Å². The van der Waals surface area contributed by atoms with E-state index in [0.717, 1.165) is 18.5 Å². The van der Waals surface area contributed by atoms with E-state index in [0.29, 0.717) is 46.1 Å². The summed E-state index contributed by atoms with van der Waals surface area (Å²) in [5, 5.41) is 26.9. The van der Waals surface area contributed by atoms with Crippen LogP contribution in [-0.4, -0.2) is 40.6 Å². The van der Waals surface area contributed by atoms with Crippen molar-refractivity contribution in [3.8, 4) is 0 Å². The van der Waals surface area contributed by atoms with Gasteiger partial charge in [-0.25, -0.2) is 4.39 Å². The van der Waals surface area contributed by atoms with Crippen LogP contribution in [0.5, 0.6) is 0 Å². The van der Waals surface area contributed by atoms with Crippen LogP contribution >= 0.6 is 11.6 Å². The first kappa shape index (κ1) is 33.1. The maximum absolute atomic E-state index is 14.0. The number of aliphatic carboxylic acids is 1. The van der Waals surface area contributed by atoms with Gasteiger partial charge in [-0.2, -0.15) is 0 Å². The summed E-state index contributed by atoms with van der Waals surface area (Å²) in [6.07, 6.45) is 1.44. The quantitative estimate of drug-likeness (QED) is 0.135. The zero-order valence-electron chi connectivity index (χ0n) is 24.1. The van der Waals surface area contributed by atoms with Gasteiger partial charge in [0.1, 0.15) is 11.4 Å². The zero-order valence-corrected chi connectivity index (χ0v) is 25.8. The molecule has 5 rings (SSSR count). The van der Waals surface area contributed by atoms with E-state index in [1.807, 2.05) is 54.6 Å². The molecule has 0 spiro atoms. The molecule has 228 valence electrons. The molecule has 2 atom stereocenters. The molecule has 1 fully saturated rings. The number of rotatable bonds is 10. The van der Waals surface area contributed by atoms with Gasteiger partial charge < -0.3 is 15.0 Å². The molecular weight excluding hydrogens is 624 g/mol. The Morgan fingerprint density at radius 3 is 2.41 bits per heavy atom. The summed E-state index contributed by atoms with van der Waals surface area (Å²) >= 11 is 6.39. The second-order valence-corrected chi connectivity index (χ2v) is 11.3. The number of carboxylic acids is 1. The molecule has 0 aromatic heterocycles. The molecule has 6 nitrogen and oxygen atoms in total. The standard InChI is InChI=1S/C35H33ClFN3O3.Ni/c1-35(34(42)43,22-24-11-9-15-27(37)21-24)39-32(25-12-3-2-4-13-25)28-16-6-8-18-30(28)38-33(41)31-19-10-20-40(31)23-26-14-5-7-17-29(26)36;/h2-9,11-18,21,31H,10,19-20,22-23H2,1H3,(H,38,41)(H,42,43);/q;+2/p-2/t31-,35-;/m0./s1. The van der Waals surface area contributed by atoms with Crippen molar-refractivity contribution in [3.05, 3.63) is 136 Å². The second-order valence-electron chi connectivity index (χ2n) is 10.9. The molecule has 0 unspecified atom stereocenters. The summed E-state index contributed by atoms with van der Waals surface area (Å²) in [5.41, 5.74) is 1.54. The molecule has 0 saturated carbocycles. The van der Waals surface area contributed by atoms with Gasteiger partial charge in [0.05, 0.1) is 17.4 Å². The van der Waals surface area contributed by atoms with Gasteiger partial charge in [-0.05, 0) is 67.6 Å². The Balaban J connectivity index is 0.00000442. The minimum absolute atomic E-state index is 0. The number of aliphatic imine (C=N–C) groups is 2. The molecule has 0 bridgehead atoms. The Morgan fingerprint density at radius 1 is 0.977 bits per heavy atom. The van der Waals surface area contributed by atoms with Crippen LogP contribution in [0.25, 0.3) is 0 Å². The fourth-order valence-corrected chi connectivity index (χ4v) is 5.63. The minimum Gasteiger partial charge on any atom is -0.861 e. The number of likely N-dealkylation sites (tertiary alicyclic amines) is 1. The number of carboxylic acid groups (broad SMARTS) is 1. The summed E-state index contributed by atoms with van der Waals surface area (Å²) in [4.78, 5) is 24.0. The van der Waals surface area contributed by atoms with Crippen molar-refractivity contribution in [3.63, 3.8) is 0 Å². The maximum Gasteiger partial charge on any atom is 2.00 e. The molecule has 1 heterocycles. The van der Waals surface area contributed by atoms with E-state index in [9.17, 15) is 19.4 Å². The van der Waals surface area contributed by atoms with Crippen molar-refractivity contribution in [1.29, 1.82) is 0 Å². The Bertz CT molecular complexity index is 1670.